The molecule has 0 aromatic heterocycles. The van der Waals surface area contributed by atoms with Crippen molar-refractivity contribution in [2.75, 3.05) is 40.9 Å². The summed E-state index contributed by atoms with van der Waals surface area (Å²) in [5.41, 5.74) is 0. The zero-order valence-corrected chi connectivity index (χ0v) is 45.3. The zero-order valence-electron chi connectivity index (χ0n) is 44.4. The van der Waals surface area contributed by atoms with Crippen molar-refractivity contribution >= 4 is 13.7 Å². The van der Waals surface area contributed by atoms with Gasteiger partial charge in [-0.1, -0.05) is 249 Å². The molecule has 0 aromatic rings. The standard InChI is InChI=1S/C57H111N2O6P/c1-6-8-10-12-14-16-18-20-22-24-25-26-27-28-29-30-31-32-33-35-37-39-41-43-45-47-49-51-57(61)58-55(54-65-66(62,63)64-53-52-59(3,4)5)56(60)50-48-46-44-42-40-38-36-34-23-21-19-17-15-13-11-9-7-2/h25-26,28-29,48,50,55-56,60H,6-24,27,30-47,49,51-54H2,1-5H3,(H-,58,61,62,63)/b26-25-,29-28-,50-48+. The van der Waals surface area contributed by atoms with Crippen LogP contribution in [0.2, 0.25) is 0 Å². The summed E-state index contributed by atoms with van der Waals surface area (Å²) in [7, 11) is 1.27. The van der Waals surface area contributed by atoms with E-state index in [0.717, 1.165) is 44.9 Å². The minimum Gasteiger partial charge on any atom is -0.756 e. The highest BCUT2D eigenvalue weighted by Crippen LogP contribution is 2.38. The fourth-order valence-electron chi connectivity index (χ4n) is 8.36. The Kier molecular flexibility index (Phi) is 47.8. The summed E-state index contributed by atoms with van der Waals surface area (Å²) in [5.74, 6) is -0.197. The number of carbonyl (C=O) groups excluding carboxylic acids is 1. The van der Waals surface area contributed by atoms with Crippen molar-refractivity contribution in [3.63, 3.8) is 0 Å². The van der Waals surface area contributed by atoms with Crippen molar-refractivity contribution in [3.05, 3.63) is 36.5 Å². The molecule has 8 nitrogen and oxygen atoms in total. The van der Waals surface area contributed by atoms with E-state index in [1.807, 2.05) is 27.2 Å². The summed E-state index contributed by atoms with van der Waals surface area (Å²) in [4.78, 5) is 25.5. The van der Waals surface area contributed by atoms with Crippen LogP contribution in [0, 0.1) is 0 Å². The third-order valence-electron chi connectivity index (χ3n) is 12.8. The van der Waals surface area contributed by atoms with Gasteiger partial charge in [-0.05, 0) is 51.4 Å². The third-order valence-corrected chi connectivity index (χ3v) is 13.8. The minimum atomic E-state index is -4.59. The first-order chi connectivity index (χ1) is 32.0. The number of rotatable bonds is 52. The molecular formula is C57H111N2O6P. The normalized spacial score (nSPS) is 14.2. The molecule has 1 amide bonds. The van der Waals surface area contributed by atoms with Crippen LogP contribution < -0.4 is 10.2 Å². The number of nitrogens with one attached hydrogen (secondary N) is 1. The summed E-state index contributed by atoms with van der Waals surface area (Å²) < 4.78 is 23.3. The largest absolute Gasteiger partial charge is 0.756 e. The lowest BCUT2D eigenvalue weighted by atomic mass is 10.0. The van der Waals surface area contributed by atoms with Crippen LogP contribution in [-0.4, -0.2) is 68.5 Å². The number of likely N-dealkylation sites (N-methyl/N-ethyl adjacent to an activating group) is 1. The molecule has 0 saturated carbocycles. The van der Waals surface area contributed by atoms with Gasteiger partial charge in [0.25, 0.3) is 7.82 Å². The lowest BCUT2D eigenvalue weighted by molar-refractivity contribution is -0.870. The second kappa shape index (κ2) is 48.7. The van der Waals surface area contributed by atoms with Crippen LogP contribution in [0.25, 0.3) is 0 Å². The minimum absolute atomic E-state index is 0.000893. The van der Waals surface area contributed by atoms with E-state index in [2.05, 4.69) is 43.5 Å². The van der Waals surface area contributed by atoms with Crippen LogP contribution in [0.15, 0.2) is 36.5 Å². The molecule has 0 spiro atoms. The second-order valence-electron chi connectivity index (χ2n) is 20.6. The van der Waals surface area contributed by atoms with E-state index in [0.29, 0.717) is 17.4 Å². The Morgan fingerprint density at radius 2 is 0.879 bits per heavy atom. The molecule has 0 heterocycles. The molecule has 2 N–H and O–H groups in total. The molecule has 0 aliphatic heterocycles. The molecule has 9 heteroatoms. The summed E-state index contributed by atoms with van der Waals surface area (Å²) in [6.45, 7) is 4.67. The molecular weight excluding hydrogens is 840 g/mol. The van der Waals surface area contributed by atoms with Crippen molar-refractivity contribution in [1.29, 1.82) is 0 Å². The molecule has 3 unspecified atom stereocenters. The fourth-order valence-corrected chi connectivity index (χ4v) is 9.08. The van der Waals surface area contributed by atoms with E-state index in [4.69, 9.17) is 9.05 Å². The number of phosphoric ester groups is 1. The van der Waals surface area contributed by atoms with Crippen molar-refractivity contribution in [1.82, 2.24) is 5.32 Å². The smallest absolute Gasteiger partial charge is 0.268 e. The van der Waals surface area contributed by atoms with Crippen LogP contribution in [-0.2, 0) is 18.4 Å². The van der Waals surface area contributed by atoms with Gasteiger partial charge >= 0.3 is 0 Å². The molecule has 66 heavy (non-hydrogen) atoms. The van der Waals surface area contributed by atoms with E-state index in [9.17, 15) is 19.4 Å². The van der Waals surface area contributed by atoms with E-state index in [1.165, 1.54) is 205 Å². The molecule has 3 atom stereocenters. The van der Waals surface area contributed by atoms with E-state index < -0.39 is 20.0 Å². The predicted molar refractivity (Wildman–Crippen MR) is 284 cm³/mol. The van der Waals surface area contributed by atoms with Gasteiger partial charge in [0.15, 0.2) is 0 Å². The molecule has 0 aliphatic rings. The number of carbonyl (C=O) groups is 1. The first-order valence-electron chi connectivity index (χ1n) is 28.4. The number of nitrogens with zero attached hydrogens (tertiary/aromatic N) is 1. The number of phosphoric acid groups is 1. The number of amides is 1. The first-order valence-corrected chi connectivity index (χ1v) is 29.8. The van der Waals surface area contributed by atoms with Crippen LogP contribution in [0.4, 0.5) is 0 Å². The maximum absolute atomic E-state index is 13.0. The Bertz CT molecular complexity index is 1170. The molecule has 0 fully saturated rings. The topological polar surface area (TPSA) is 108 Å². The monoisotopic (exact) mass is 951 g/mol. The van der Waals surface area contributed by atoms with Gasteiger partial charge < -0.3 is 28.8 Å². The molecule has 0 rings (SSSR count). The van der Waals surface area contributed by atoms with Crippen LogP contribution in [0.3, 0.4) is 0 Å². The van der Waals surface area contributed by atoms with Crippen molar-refractivity contribution in [2.24, 2.45) is 0 Å². The average molecular weight is 951 g/mol. The van der Waals surface area contributed by atoms with Gasteiger partial charge in [0.2, 0.25) is 5.91 Å². The number of aliphatic hydroxyl groups is 1. The average Bonchev–Trinajstić information content (AvgIpc) is 3.28. The van der Waals surface area contributed by atoms with Gasteiger partial charge in [-0.15, -0.1) is 0 Å². The number of aliphatic hydroxyl groups excluding tert-OH is 1. The quantitative estimate of drug-likeness (QED) is 0.0272. The second-order valence-corrected chi connectivity index (χ2v) is 22.1. The summed E-state index contributed by atoms with van der Waals surface area (Å²) in [6.07, 6.45) is 62.1. The molecule has 0 aromatic carbocycles. The maximum Gasteiger partial charge on any atom is 0.268 e. The number of hydrogen-bond donors (Lipinski definition) is 2. The molecule has 0 bridgehead atoms. The number of allylic oxidation sites excluding steroid dienone is 5. The maximum atomic E-state index is 13.0. The van der Waals surface area contributed by atoms with Gasteiger partial charge in [-0.3, -0.25) is 9.36 Å². The summed E-state index contributed by atoms with van der Waals surface area (Å²) in [5, 5.41) is 13.9. The summed E-state index contributed by atoms with van der Waals surface area (Å²) >= 11 is 0. The molecule has 0 radical (unpaired) electrons. The number of hydrogen-bond acceptors (Lipinski definition) is 6. The molecule has 0 aliphatic carbocycles. The van der Waals surface area contributed by atoms with Gasteiger partial charge in [0.1, 0.15) is 13.2 Å². The van der Waals surface area contributed by atoms with E-state index in [-0.39, 0.29) is 19.1 Å². The van der Waals surface area contributed by atoms with Gasteiger partial charge in [-0.2, -0.15) is 0 Å². The van der Waals surface area contributed by atoms with Gasteiger partial charge in [0, 0.05) is 6.42 Å². The highest BCUT2D eigenvalue weighted by Gasteiger charge is 2.23. The molecule has 390 valence electrons. The van der Waals surface area contributed by atoms with Crippen LogP contribution >= 0.6 is 7.82 Å². The fraction of sp³-hybridized carbons (Fsp3) is 0.877. The van der Waals surface area contributed by atoms with Crippen LogP contribution in [0.5, 0.6) is 0 Å². The van der Waals surface area contributed by atoms with Gasteiger partial charge in [-0.25, -0.2) is 0 Å². The Morgan fingerprint density at radius 1 is 0.530 bits per heavy atom. The van der Waals surface area contributed by atoms with Gasteiger partial charge in [0.05, 0.1) is 39.9 Å². The lowest BCUT2D eigenvalue weighted by Crippen LogP contribution is -2.45. The highest BCUT2D eigenvalue weighted by molar-refractivity contribution is 7.45. The van der Waals surface area contributed by atoms with E-state index in [1.54, 1.807) is 6.08 Å². The van der Waals surface area contributed by atoms with E-state index >= 15 is 0 Å². The Balaban J connectivity index is 4.19. The lowest BCUT2D eigenvalue weighted by Gasteiger charge is -2.29. The summed E-state index contributed by atoms with van der Waals surface area (Å²) in [6, 6.07) is -0.887. The Hall–Kier alpha value is -1.28. The molecule has 0 saturated heterocycles. The van der Waals surface area contributed by atoms with Crippen molar-refractivity contribution < 1.29 is 32.9 Å². The van der Waals surface area contributed by atoms with Crippen LogP contribution in [0.1, 0.15) is 271 Å². The first kappa shape index (κ1) is 64.7. The zero-order chi connectivity index (χ0) is 48.5. The highest BCUT2D eigenvalue weighted by atomic mass is 31.2. The van der Waals surface area contributed by atoms with Crippen molar-refractivity contribution in [3.8, 4) is 0 Å². The number of unbranched alkanes of at least 4 members (excludes halogenated alkanes) is 35. The SMILES string of the molecule is CCCCCCCCCCC/C=C\C/C=C\CCCCCCCCCCCCCC(=O)NC(COP(=O)([O-])OCC[N+](C)(C)C)C(O)/C=C/CCCCCCCCCCCCCCCCC. The third kappa shape index (κ3) is 50.6. The Morgan fingerprint density at radius 3 is 1.26 bits per heavy atom. The number of quaternary nitrogens is 1. The van der Waals surface area contributed by atoms with Crippen molar-refractivity contribution in [2.45, 2.75) is 283 Å². The Labute approximate surface area is 410 Å². The predicted octanol–water partition coefficient (Wildman–Crippen LogP) is 16.4.